The third-order valence-corrected chi connectivity index (χ3v) is 4.06. The van der Waals surface area contributed by atoms with Gasteiger partial charge in [0.15, 0.2) is 11.5 Å². The molecule has 6 nitrogen and oxygen atoms in total. The van der Waals surface area contributed by atoms with Gasteiger partial charge in [-0.25, -0.2) is 0 Å². The van der Waals surface area contributed by atoms with Crippen LogP contribution in [0, 0.1) is 5.92 Å². The summed E-state index contributed by atoms with van der Waals surface area (Å²) in [7, 11) is 1.62. The van der Waals surface area contributed by atoms with Gasteiger partial charge < -0.3 is 19.3 Å². The molecule has 0 saturated carbocycles. The number of methoxy groups -OCH3 is 1. The van der Waals surface area contributed by atoms with Gasteiger partial charge in [-0.05, 0) is 37.6 Å². The molecule has 1 unspecified atom stereocenters. The van der Waals surface area contributed by atoms with Crippen molar-refractivity contribution in [3.8, 4) is 11.5 Å². The number of hydrogen-bond donors (Lipinski definition) is 1. The fourth-order valence-electron chi connectivity index (χ4n) is 2.65. The summed E-state index contributed by atoms with van der Waals surface area (Å²) in [4.78, 5) is 13.4. The van der Waals surface area contributed by atoms with Crippen LogP contribution in [0.5, 0.6) is 11.5 Å². The van der Waals surface area contributed by atoms with Gasteiger partial charge in [0.05, 0.1) is 26.2 Å². The first-order chi connectivity index (χ1) is 12.0. The van der Waals surface area contributed by atoms with E-state index in [0.717, 1.165) is 5.56 Å². The molecule has 1 saturated heterocycles. The van der Waals surface area contributed by atoms with Crippen molar-refractivity contribution < 1.29 is 24.1 Å². The van der Waals surface area contributed by atoms with Crippen LogP contribution in [0.1, 0.15) is 19.4 Å². The number of aliphatic carboxylic acids is 1. The Balaban J connectivity index is 2.04. The SMILES string of the molecule is COc1cc(CN2CCOCC(C(=O)O)C2)ccc1OCC=C(C)C. The largest absolute Gasteiger partial charge is 0.493 e. The molecule has 138 valence electrons. The lowest BCUT2D eigenvalue weighted by atomic mass is 10.1. The molecule has 0 aliphatic carbocycles. The molecule has 1 aliphatic heterocycles. The summed E-state index contributed by atoms with van der Waals surface area (Å²) in [6, 6.07) is 5.83. The normalized spacial score (nSPS) is 18.3. The van der Waals surface area contributed by atoms with Crippen LogP contribution in [0.15, 0.2) is 29.8 Å². The molecule has 1 heterocycles. The predicted octanol–water partition coefficient (Wildman–Crippen LogP) is 2.57. The van der Waals surface area contributed by atoms with Gasteiger partial charge in [-0.1, -0.05) is 11.6 Å². The van der Waals surface area contributed by atoms with Crippen LogP contribution in [0.4, 0.5) is 0 Å². The molecule has 1 fully saturated rings. The average molecular weight is 349 g/mol. The second kappa shape index (κ2) is 9.44. The second-order valence-corrected chi connectivity index (χ2v) is 6.42. The van der Waals surface area contributed by atoms with Crippen molar-refractivity contribution in [2.45, 2.75) is 20.4 Å². The Labute approximate surface area is 149 Å². The predicted molar refractivity (Wildman–Crippen MR) is 95.1 cm³/mol. The van der Waals surface area contributed by atoms with Crippen molar-refractivity contribution in [3.63, 3.8) is 0 Å². The molecule has 1 aromatic carbocycles. The molecule has 1 atom stereocenters. The van der Waals surface area contributed by atoms with E-state index in [9.17, 15) is 9.90 Å². The number of benzene rings is 1. The molecule has 1 aromatic rings. The van der Waals surface area contributed by atoms with Gasteiger partial charge in [-0.3, -0.25) is 9.69 Å². The van der Waals surface area contributed by atoms with Gasteiger partial charge in [-0.2, -0.15) is 0 Å². The lowest BCUT2D eigenvalue weighted by Crippen LogP contribution is -2.33. The van der Waals surface area contributed by atoms with E-state index >= 15 is 0 Å². The topological polar surface area (TPSA) is 68.2 Å². The van der Waals surface area contributed by atoms with Crippen LogP contribution >= 0.6 is 0 Å². The van der Waals surface area contributed by atoms with Crippen LogP contribution in [-0.2, 0) is 16.1 Å². The van der Waals surface area contributed by atoms with Crippen molar-refractivity contribution in [3.05, 3.63) is 35.4 Å². The van der Waals surface area contributed by atoms with Gasteiger partial charge in [0.25, 0.3) is 0 Å². The number of nitrogens with zero attached hydrogens (tertiary/aromatic N) is 1. The third-order valence-electron chi connectivity index (χ3n) is 4.06. The van der Waals surface area contributed by atoms with Crippen LogP contribution in [0.25, 0.3) is 0 Å². The van der Waals surface area contributed by atoms with Crippen molar-refractivity contribution in [1.29, 1.82) is 0 Å². The summed E-state index contributed by atoms with van der Waals surface area (Å²) in [5.41, 5.74) is 2.25. The number of ether oxygens (including phenoxy) is 3. The van der Waals surface area contributed by atoms with E-state index in [-0.39, 0.29) is 6.61 Å². The summed E-state index contributed by atoms with van der Waals surface area (Å²) >= 11 is 0. The molecule has 1 aliphatic rings. The van der Waals surface area contributed by atoms with Crippen LogP contribution < -0.4 is 9.47 Å². The minimum absolute atomic E-state index is 0.270. The highest BCUT2D eigenvalue weighted by atomic mass is 16.5. The summed E-state index contributed by atoms with van der Waals surface area (Å²) in [6.07, 6.45) is 2.01. The first kappa shape index (κ1) is 19.3. The first-order valence-electron chi connectivity index (χ1n) is 8.45. The van der Waals surface area contributed by atoms with E-state index in [1.54, 1.807) is 7.11 Å². The van der Waals surface area contributed by atoms with Gasteiger partial charge in [0, 0.05) is 19.6 Å². The maximum atomic E-state index is 11.3. The zero-order valence-corrected chi connectivity index (χ0v) is 15.2. The van der Waals surface area contributed by atoms with Crippen molar-refractivity contribution in [1.82, 2.24) is 4.90 Å². The van der Waals surface area contributed by atoms with Crippen molar-refractivity contribution >= 4 is 5.97 Å². The molecule has 6 heteroatoms. The molecular formula is C19H27NO5. The van der Waals surface area contributed by atoms with Crippen LogP contribution in [0.3, 0.4) is 0 Å². The fourth-order valence-corrected chi connectivity index (χ4v) is 2.65. The third kappa shape index (κ3) is 6.07. The smallest absolute Gasteiger partial charge is 0.310 e. The Bertz CT molecular complexity index is 610. The summed E-state index contributed by atoms with van der Waals surface area (Å²) in [5.74, 6) is 0.0791. The molecule has 0 amide bonds. The van der Waals surface area contributed by atoms with Crippen LogP contribution in [0.2, 0.25) is 0 Å². The summed E-state index contributed by atoms with van der Waals surface area (Å²) < 4.78 is 16.6. The quantitative estimate of drug-likeness (QED) is 0.763. The maximum absolute atomic E-state index is 11.3. The minimum Gasteiger partial charge on any atom is -0.493 e. The highest BCUT2D eigenvalue weighted by molar-refractivity contribution is 5.70. The van der Waals surface area contributed by atoms with E-state index in [1.807, 2.05) is 38.1 Å². The minimum atomic E-state index is -0.812. The van der Waals surface area contributed by atoms with E-state index in [2.05, 4.69) is 4.90 Å². The Morgan fingerprint density at radius 1 is 1.40 bits per heavy atom. The number of rotatable bonds is 7. The zero-order chi connectivity index (χ0) is 18.2. The van der Waals surface area contributed by atoms with E-state index in [0.29, 0.717) is 44.3 Å². The highest BCUT2D eigenvalue weighted by Gasteiger charge is 2.24. The Morgan fingerprint density at radius 3 is 2.88 bits per heavy atom. The molecule has 1 N–H and O–H groups in total. The Hall–Kier alpha value is -2.05. The van der Waals surface area contributed by atoms with Crippen molar-refractivity contribution in [2.75, 3.05) is 40.0 Å². The Kier molecular flexibility index (Phi) is 7.28. The zero-order valence-electron chi connectivity index (χ0n) is 15.2. The number of hydrogen-bond acceptors (Lipinski definition) is 5. The summed E-state index contributed by atoms with van der Waals surface area (Å²) in [6.45, 7) is 7.22. The van der Waals surface area contributed by atoms with Gasteiger partial charge >= 0.3 is 5.97 Å². The second-order valence-electron chi connectivity index (χ2n) is 6.42. The number of carboxylic acid groups (broad SMARTS) is 1. The fraction of sp³-hybridized carbons (Fsp3) is 0.526. The summed E-state index contributed by atoms with van der Waals surface area (Å²) in [5, 5.41) is 9.24. The number of carboxylic acids is 1. The first-order valence-corrected chi connectivity index (χ1v) is 8.45. The maximum Gasteiger partial charge on any atom is 0.310 e. The average Bonchev–Trinajstić information content (AvgIpc) is 2.81. The number of carbonyl (C=O) groups is 1. The van der Waals surface area contributed by atoms with Gasteiger partial charge in [-0.15, -0.1) is 0 Å². The van der Waals surface area contributed by atoms with E-state index in [4.69, 9.17) is 14.2 Å². The molecule has 0 spiro atoms. The number of allylic oxidation sites excluding steroid dienone is 1. The highest BCUT2D eigenvalue weighted by Crippen LogP contribution is 2.29. The Morgan fingerprint density at radius 2 is 2.20 bits per heavy atom. The molecule has 0 aromatic heterocycles. The molecular weight excluding hydrogens is 322 g/mol. The van der Waals surface area contributed by atoms with Gasteiger partial charge in [0.2, 0.25) is 0 Å². The lowest BCUT2D eigenvalue weighted by Gasteiger charge is -2.22. The molecule has 25 heavy (non-hydrogen) atoms. The molecule has 2 rings (SSSR count). The molecule has 0 radical (unpaired) electrons. The van der Waals surface area contributed by atoms with Crippen LogP contribution in [-0.4, -0.2) is 56.0 Å². The van der Waals surface area contributed by atoms with Crippen molar-refractivity contribution in [2.24, 2.45) is 5.92 Å². The molecule has 0 bridgehead atoms. The monoisotopic (exact) mass is 349 g/mol. The standard InChI is InChI=1S/C19H27NO5/c1-14(2)6-8-25-17-5-4-15(10-18(17)23-3)11-20-7-9-24-13-16(12-20)19(21)22/h4-6,10,16H,7-9,11-13H2,1-3H3,(H,21,22). The van der Waals surface area contributed by atoms with Gasteiger partial charge in [0.1, 0.15) is 6.61 Å². The lowest BCUT2D eigenvalue weighted by molar-refractivity contribution is -0.143. The van der Waals surface area contributed by atoms with E-state index in [1.165, 1.54) is 5.57 Å². The van der Waals surface area contributed by atoms with E-state index < -0.39 is 11.9 Å².